The van der Waals surface area contributed by atoms with Gasteiger partial charge in [-0.15, -0.1) is 0 Å². The van der Waals surface area contributed by atoms with E-state index in [1.165, 1.54) is 30.7 Å². The summed E-state index contributed by atoms with van der Waals surface area (Å²) in [5.41, 5.74) is 2.13. The molecule has 0 aliphatic heterocycles. The average Bonchev–Trinajstić information content (AvgIpc) is 2.57. The van der Waals surface area contributed by atoms with E-state index in [1.807, 2.05) is 24.3 Å². The molecule has 0 amide bonds. The van der Waals surface area contributed by atoms with Gasteiger partial charge in [-0.3, -0.25) is 0 Å². The minimum atomic E-state index is -0.965. The smallest absolute Gasteiger partial charge is 0.201 e. The molecule has 0 aliphatic carbocycles. The minimum Gasteiger partial charge on any atom is -0.462 e. The molecule has 2 rings (SSSR count). The fourth-order valence-electron chi connectivity index (χ4n) is 2.42. The van der Waals surface area contributed by atoms with E-state index >= 15 is 0 Å². The van der Waals surface area contributed by atoms with Crippen molar-refractivity contribution in [2.24, 2.45) is 0 Å². The van der Waals surface area contributed by atoms with Crippen molar-refractivity contribution < 1.29 is 13.5 Å². The van der Waals surface area contributed by atoms with Gasteiger partial charge in [-0.2, -0.15) is 4.39 Å². The van der Waals surface area contributed by atoms with Gasteiger partial charge in [0.1, 0.15) is 0 Å². The maximum atomic E-state index is 14.2. The predicted octanol–water partition coefficient (Wildman–Crippen LogP) is 6.28. The van der Waals surface area contributed by atoms with Crippen LogP contribution in [0, 0.1) is 11.6 Å². The molecule has 0 aliphatic rings. The van der Waals surface area contributed by atoms with Crippen LogP contribution < -0.4 is 4.74 Å². The Morgan fingerprint density at radius 2 is 1.70 bits per heavy atom. The molecule has 1 nitrogen and oxygen atoms in total. The van der Waals surface area contributed by atoms with Crippen LogP contribution in [0.25, 0.3) is 11.1 Å². The van der Waals surface area contributed by atoms with Crippen molar-refractivity contribution in [2.75, 3.05) is 0 Å². The molecule has 0 N–H and O–H groups in total. The first kappa shape index (κ1) is 17.2. The SMILES string of the molecule is C/C=C/Oc1ccc(-c2ccc(CCCCC)cc2)c(F)c1F. The van der Waals surface area contributed by atoms with E-state index in [0.717, 1.165) is 12.8 Å². The number of rotatable bonds is 7. The van der Waals surface area contributed by atoms with Gasteiger partial charge in [0.15, 0.2) is 11.6 Å². The Morgan fingerprint density at radius 1 is 0.957 bits per heavy atom. The number of allylic oxidation sites excluding steroid dienone is 1. The highest BCUT2D eigenvalue weighted by Gasteiger charge is 2.15. The standard InChI is InChI=1S/C20H22F2O/c1-3-5-6-7-15-8-10-16(11-9-15)17-12-13-18(23-14-4-2)20(22)19(17)21/h4,8-14H,3,5-7H2,1-2H3/b14-4+. The fourth-order valence-corrected chi connectivity index (χ4v) is 2.42. The van der Waals surface area contributed by atoms with E-state index in [1.54, 1.807) is 19.1 Å². The van der Waals surface area contributed by atoms with E-state index in [0.29, 0.717) is 5.56 Å². The van der Waals surface area contributed by atoms with Crippen LogP contribution in [0.15, 0.2) is 48.7 Å². The van der Waals surface area contributed by atoms with Crippen molar-refractivity contribution in [3.63, 3.8) is 0 Å². The third kappa shape index (κ3) is 4.41. The highest BCUT2D eigenvalue weighted by Crippen LogP contribution is 2.30. The number of hydrogen-bond acceptors (Lipinski definition) is 1. The molecule has 0 radical (unpaired) electrons. The van der Waals surface area contributed by atoms with E-state index in [2.05, 4.69) is 6.92 Å². The predicted molar refractivity (Wildman–Crippen MR) is 90.5 cm³/mol. The fraction of sp³-hybridized carbons (Fsp3) is 0.300. The van der Waals surface area contributed by atoms with Crippen LogP contribution in [0.4, 0.5) is 8.78 Å². The summed E-state index contributed by atoms with van der Waals surface area (Å²) in [6.07, 6.45) is 7.49. The number of halogens is 2. The number of ether oxygens (including phenoxy) is 1. The molecule has 0 saturated carbocycles. The molecular formula is C20H22F2O. The molecule has 23 heavy (non-hydrogen) atoms. The van der Waals surface area contributed by atoms with Gasteiger partial charge < -0.3 is 4.74 Å². The second kappa shape index (κ2) is 8.47. The van der Waals surface area contributed by atoms with Crippen molar-refractivity contribution in [1.82, 2.24) is 0 Å². The number of benzene rings is 2. The van der Waals surface area contributed by atoms with Crippen LogP contribution in [0.5, 0.6) is 5.75 Å². The molecule has 0 heterocycles. The van der Waals surface area contributed by atoms with Crippen molar-refractivity contribution >= 4 is 0 Å². The molecule has 2 aromatic carbocycles. The average molecular weight is 316 g/mol. The molecule has 2 aromatic rings. The molecule has 3 heteroatoms. The number of hydrogen-bond donors (Lipinski definition) is 0. The molecule has 0 aromatic heterocycles. The zero-order valence-electron chi connectivity index (χ0n) is 13.6. The highest BCUT2D eigenvalue weighted by molar-refractivity contribution is 5.65. The molecule has 0 spiro atoms. The summed E-state index contributed by atoms with van der Waals surface area (Å²) in [5.74, 6) is -1.96. The van der Waals surface area contributed by atoms with Crippen LogP contribution in [0.2, 0.25) is 0 Å². The first-order chi connectivity index (χ1) is 11.2. The zero-order valence-corrected chi connectivity index (χ0v) is 13.6. The molecule has 0 bridgehead atoms. The second-order valence-electron chi connectivity index (χ2n) is 5.48. The molecular weight excluding hydrogens is 294 g/mol. The Morgan fingerprint density at radius 3 is 2.35 bits per heavy atom. The first-order valence-corrected chi connectivity index (χ1v) is 8.02. The lowest BCUT2D eigenvalue weighted by Gasteiger charge is -2.09. The third-order valence-corrected chi connectivity index (χ3v) is 3.71. The van der Waals surface area contributed by atoms with Crippen molar-refractivity contribution in [2.45, 2.75) is 39.5 Å². The molecule has 0 fully saturated rings. The highest BCUT2D eigenvalue weighted by atomic mass is 19.2. The topological polar surface area (TPSA) is 9.23 Å². The molecule has 0 saturated heterocycles. The van der Waals surface area contributed by atoms with Gasteiger partial charge in [0.05, 0.1) is 6.26 Å². The van der Waals surface area contributed by atoms with E-state index in [9.17, 15) is 8.78 Å². The summed E-state index contributed by atoms with van der Waals surface area (Å²) < 4.78 is 33.3. The summed E-state index contributed by atoms with van der Waals surface area (Å²) in [4.78, 5) is 0. The maximum Gasteiger partial charge on any atom is 0.201 e. The van der Waals surface area contributed by atoms with Crippen LogP contribution in [-0.4, -0.2) is 0 Å². The Kier molecular flexibility index (Phi) is 6.33. The minimum absolute atomic E-state index is 0.111. The lowest BCUT2D eigenvalue weighted by Crippen LogP contribution is -1.95. The maximum absolute atomic E-state index is 14.2. The summed E-state index contributed by atoms with van der Waals surface area (Å²) >= 11 is 0. The van der Waals surface area contributed by atoms with Gasteiger partial charge in [-0.1, -0.05) is 50.1 Å². The molecule has 122 valence electrons. The Labute approximate surface area is 136 Å². The van der Waals surface area contributed by atoms with E-state index in [4.69, 9.17) is 4.74 Å². The number of aryl methyl sites for hydroxylation is 1. The second-order valence-corrected chi connectivity index (χ2v) is 5.48. The van der Waals surface area contributed by atoms with Gasteiger partial charge in [-0.25, -0.2) is 4.39 Å². The van der Waals surface area contributed by atoms with Gasteiger partial charge in [0.2, 0.25) is 5.82 Å². The van der Waals surface area contributed by atoms with E-state index < -0.39 is 11.6 Å². The van der Waals surface area contributed by atoms with Crippen molar-refractivity contribution in [1.29, 1.82) is 0 Å². The van der Waals surface area contributed by atoms with Gasteiger partial charge >= 0.3 is 0 Å². The summed E-state index contributed by atoms with van der Waals surface area (Å²) in [5, 5.41) is 0. The largest absolute Gasteiger partial charge is 0.462 e. The third-order valence-electron chi connectivity index (χ3n) is 3.71. The summed E-state index contributed by atoms with van der Waals surface area (Å²) in [6, 6.07) is 10.6. The first-order valence-electron chi connectivity index (χ1n) is 8.02. The lowest BCUT2D eigenvalue weighted by molar-refractivity contribution is 0.415. The van der Waals surface area contributed by atoms with Gasteiger partial charge in [-0.05, 0) is 43.0 Å². The summed E-state index contributed by atoms with van der Waals surface area (Å²) in [6.45, 7) is 3.91. The van der Waals surface area contributed by atoms with Gasteiger partial charge in [0, 0.05) is 5.56 Å². The van der Waals surface area contributed by atoms with Crippen molar-refractivity contribution in [3.05, 3.63) is 65.9 Å². The van der Waals surface area contributed by atoms with Gasteiger partial charge in [0.25, 0.3) is 0 Å². The zero-order chi connectivity index (χ0) is 16.7. The Bertz CT molecular complexity index is 660. The van der Waals surface area contributed by atoms with Crippen molar-refractivity contribution in [3.8, 4) is 16.9 Å². The quantitative estimate of drug-likeness (QED) is 0.431. The van der Waals surface area contributed by atoms with Crippen LogP contribution in [0.1, 0.15) is 38.7 Å². The molecule has 0 atom stereocenters. The van der Waals surface area contributed by atoms with Crippen LogP contribution in [-0.2, 0) is 6.42 Å². The van der Waals surface area contributed by atoms with E-state index in [-0.39, 0.29) is 11.3 Å². The van der Waals surface area contributed by atoms with Crippen LogP contribution >= 0.6 is 0 Å². The Hall–Kier alpha value is -2.16. The summed E-state index contributed by atoms with van der Waals surface area (Å²) in [7, 11) is 0. The Balaban J connectivity index is 2.19. The lowest BCUT2D eigenvalue weighted by atomic mass is 10.0. The van der Waals surface area contributed by atoms with Crippen LogP contribution in [0.3, 0.4) is 0 Å². The monoisotopic (exact) mass is 316 g/mol. The number of unbranched alkanes of at least 4 members (excludes halogenated alkanes) is 2. The normalized spacial score (nSPS) is 11.1. The molecule has 0 unspecified atom stereocenters.